The van der Waals surface area contributed by atoms with Crippen molar-refractivity contribution in [3.05, 3.63) is 17.5 Å². The molecule has 0 aromatic carbocycles. The Morgan fingerprint density at radius 2 is 2.17 bits per heavy atom. The molecule has 0 saturated heterocycles. The van der Waals surface area contributed by atoms with E-state index in [1.807, 2.05) is 11.7 Å². The molecule has 12 heavy (non-hydrogen) atoms. The summed E-state index contributed by atoms with van der Waals surface area (Å²) in [5.41, 5.74) is 2.20. The Morgan fingerprint density at radius 1 is 1.42 bits per heavy atom. The molecule has 0 radical (unpaired) electrons. The molecule has 1 aromatic heterocycles. The number of hydrogen-bond acceptors (Lipinski definition) is 2. The molecule has 0 unspecified atom stereocenters. The summed E-state index contributed by atoms with van der Waals surface area (Å²) in [5, 5.41) is 8.00. The van der Waals surface area contributed by atoms with E-state index in [0.29, 0.717) is 0 Å². The zero-order chi connectivity index (χ0) is 8.97. The third-order valence-electron chi connectivity index (χ3n) is 1.79. The molecule has 3 nitrogen and oxygen atoms in total. The minimum Gasteiger partial charge on any atom is -0.248 e. The van der Waals surface area contributed by atoms with Crippen molar-refractivity contribution >= 4 is 6.08 Å². The normalized spacial score (nSPS) is 11.2. The average molecular weight is 165 g/mol. The fourth-order valence-electron chi connectivity index (χ4n) is 1.09. The molecule has 0 aliphatic heterocycles. The van der Waals surface area contributed by atoms with Gasteiger partial charge in [0.1, 0.15) is 0 Å². The number of hydrogen-bond donors (Lipinski definition) is 0. The molecule has 1 heterocycles. The van der Waals surface area contributed by atoms with Crippen LogP contribution in [-0.4, -0.2) is 15.0 Å². The van der Waals surface area contributed by atoms with Gasteiger partial charge in [-0.15, -0.1) is 5.10 Å². The number of aromatic nitrogens is 3. The highest BCUT2D eigenvalue weighted by molar-refractivity contribution is 5.47. The van der Waals surface area contributed by atoms with Crippen LogP contribution in [0.2, 0.25) is 0 Å². The Labute approximate surface area is 73.1 Å². The Kier molecular flexibility index (Phi) is 3.02. The van der Waals surface area contributed by atoms with Crippen molar-refractivity contribution in [2.45, 2.75) is 26.7 Å². The molecule has 0 amide bonds. The van der Waals surface area contributed by atoms with E-state index < -0.39 is 0 Å². The summed E-state index contributed by atoms with van der Waals surface area (Å²) >= 11 is 0. The SMILES string of the molecule is CC/C=C\c1c(CC)nnn1C. The van der Waals surface area contributed by atoms with Crippen molar-refractivity contribution in [3.8, 4) is 0 Å². The van der Waals surface area contributed by atoms with Crippen molar-refractivity contribution in [3.63, 3.8) is 0 Å². The second-order valence-corrected chi connectivity index (χ2v) is 2.71. The van der Waals surface area contributed by atoms with Crippen LogP contribution < -0.4 is 0 Å². The summed E-state index contributed by atoms with van der Waals surface area (Å²) in [6, 6.07) is 0. The zero-order valence-corrected chi connectivity index (χ0v) is 7.91. The monoisotopic (exact) mass is 165 g/mol. The van der Waals surface area contributed by atoms with Gasteiger partial charge in [-0.1, -0.05) is 25.1 Å². The quantitative estimate of drug-likeness (QED) is 0.683. The van der Waals surface area contributed by atoms with E-state index in [-0.39, 0.29) is 0 Å². The first-order valence-electron chi connectivity index (χ1n) is 4.34. The molecule has 0 aliphatic rings. The Bertz CT molecular complexity index is 273. The summed E-state index contributed by atoms with van der Waals surface area (Å²) in [6.07, 6.45) is 6.20. The fraction of sp³-hybridized carbons (Fsp3) is 0.556. The van der Waals surface area contributed by atoms with Gasteiger partial charge in [0.2, 0.25) is 0 Å². The second kappa shape index (κ2) is 4.04. The van der Waals surface area contributed by atoms with E-state index in [0.717, 1.165) is 24.2 Å². The predicted octanol–water partition coefficient (Wildman–Crippen LogP) is 1.80. The Morgan fingerprint density at radius 3 is 2.75 bits per heavy atom. The first-order valence-corrected chi connectivity index (χ1v) is 4.34. The van der Waals surface area contributed by atoms with Gasteiger partial charge in [0.05, 0.1) is 11.4 Å². The van der Waals surface area contributed by atoms with E-state index in [2.05, 4.69) is 36.3 Å². The van der Waals surface area contributed by atoms with Crippen LogP contribution in [0.15, 0.2) is 6.08 Å². The summed E-state index contributed by atoms with van der Waals surface area (Å²) in [5.74, 6) is 0. The third-order valence-corrected chi connectivity index (χ3v) is 1.79. The maximum Gasteiger partial charge on any atom is 0.0897 e. The number of aryl methyl sites for hydroxylation is 2. The van der Waals surface area contributed by atoms with Gasteiger partial charge in [0.25, 0.3) is 0 Å². The van der Waals surface area contributed by atoms with E-state index in [9.17, 15) is 0 Å². The van der Waals surface area contributed by atoms with Crippen LogP contribution >= 0.6 is 0 Å². The van der Waals surface area contributed by atoms with Crippen molar-refractivity contribution in [1.82, 2.24) is 15.0 Å². The minimum absolute atomic E-state index is 0.942. The van der Waals surface area contributed by atoms with Gasteiger partial charge in [0.15, 0.2) is 0 Å². The summed E-state index contributed by atoms with van der Waals surface area (Å²) in [6.45, 7) is 4.21. The molecule has 1 rings (SSSR count). The highest BCUT2D eigenvalue weighted by atomic mass is 15.4. The van der Waals surface area contributed by atoms with Gasteiger partial charge >= 0.3 is 0 Å². The molecule has 0 spiro atoms. The molecule has 0 bridgehead atoms. The number of nitrogens with zero attached hydrogens (tertiary/aromatic N) is 3. The summed E-state index contributed by atoms with van der Waals surface area (Å²) in [4.78, 5) is 0. The minimum atomic E-state index is 0.942. The molecule has 3 heteroatoms. The first kappa shape index (κ1) is 8.97. The lowest BCUT2D eigenvalue weighted by Gasteiger charge is -1.94. The van der Waals surface area contributed by atoms with Crippen LogP contribution in [0.3, 0.4) is 0 Å². The fourth-order valence-corrected chi connectivity index (χ4v) is 1.09. The maximum atomic E-state index is 4.05. The lowest BCUT2D eigenvalue weighted by Crippen LogP contribution is -1.94. The third kappa shape index (κ3) is 1.72. The highest BCUT2D eigenvalue weighted by Gasteiger charge is 2.03. The van der Waals surface area contributed by atoms with Crippen molar-refractivity contribution in [1.29, 1.82) is 0 Å². The van der Waals surface area contributed by atoms with E-state index >= 15 is 0 Å². The van der Waals surface area contributed by atoms with Crippen LogP contribution in [0, 0.1) is 0 Å². The number of allylic oxidation sites excluding steroid dienone is 1. The highest BCUT2D eigenvalue weighted by Crippen LogP contribution is 2.07. The summed E-state index contributed by atoms with van der Waals surface area (Å²) < 4.78 is 1.81. The first-order chi connectivity index (χ1) is 5.79. The number of rotatable bonds is 3. The molecular weight excluding hydrogens is 150 g/mol. The molecule has 0 fully saturated rings. The van der Waals surface area contributed by atoms with E-state index in [4.69, 9.17) is 0 Å². The Hall–Kier alpha value is -1.12. The van der Waals surface area contributed by atoms with Gasteiger partial charge in [-0.2, -0.15) is 0 Å². The van der Waals surface area contributed by atoms with Crippen LogP contribution in [0.25, 0.3) is 6.08 Å². The molecule has 0 aliphatic carbocycles. The van der Waals surface area contributed by atoms with Crippen LogP contribution in [-0.2, 0) is 13.5 Å². The van der Waals surface area contributed by atoms with Gasteiger partial charge in [-0.25, -0.2) is 4.68 Å². The summed E-state index contributed by atoms with van der Waals surface area (Å²) in [7, 11) is 1.92. The zero-order valence-electron chi connectivity index (χ0n) is 7.91. The smallest absolute Gasteiger partial charge is 0.0897 e. The van der Waals surface area contributed by atoms with E-state index in [1.165, 1.54) is 0 Å². The van der Waals surface area contributed by atoms with Crippen LogP contribution in [0.5, 0.6) is 0 Å². The van der Waals surface area contributed by atoms with Crippen LogP contribution in [0.1, 0.15) is 31.7 Å². The molecule has 0 atom stereocenters. The maximum absolute atomic E-state index is 4.05. The van der Waals surface area contributed by atoms with Gasteiger partial charge in [-0.05, 0) is 18.9 Å². The van der Waals surface area contributed by atoms with Gasteiger partial charge < -0.3 is 0 Å². The lowest BCUT2D eigenvalue weighted by atomic mass is 10.2. The van der Waals surface area contributed by atoms with Crippen molar-refractivity contribution in [2.75, 3.05) is 0 Å². The lowest BCUT2D eigenvalue weighted by molar-refractivity contribution is 0.708. The largest absolute Gasteiger partial charge is 0.248 e. The van der Waals surface area contributed by atoms with E-state index in [1.54, 1.807) is 0 Å². The average Bonchev–Trinajstić information content (AvgIpc) is 2.43. The topological polar surface area (TPSA) is 30.7 Å². The van der Waals surface area contributed by atoms with Crippen LogP contribution in [0.4, 0.5) is 0 Å². The van der Waals surface area contributed by atoms with Gasteiger partial charge in [-0.3, -0.25) is 0 Å². The molecule has 66 valence electrons. The van der Waals surface area contributed by atoms with Crippen molar-refractivity contribution in [2.24, 2.45) is 7.05 Å². The van der Waals surface area contributed by atoms with Crippen molar-refractivity contribution < 1.29 is 0 Å². The predicted molar refractivity (Wildman–Crippen MR) is 49.7 cm³/mol. The Balaban J connectivity index is 2.94. The molecule has 0 saturated carbocycles. The standard InChI is InChI=1S/C9H15N3/c1-4-6-7-9-8(5-2)10-11-12(9)3/h6-7H,4-5H2,1-3H3/b7-6-. The molecule has 1 aromatic rings. The van der Waals surface area contributed by atoms with Gasteiger partial charge in [0, 0.05) is 7.05 Å². The molecular formula is C9H15N3. The molecule has 0 N–H and O–H groups in total. The second-order valence-electron chi connectivity index (χ2n) is 2.71.